The lowest BCUT2D eigenvalue weighted by Crippen LogP contribution is -2.26. The van der Waals surface area contributed by atoms with Crippen molar-refractivity contribution in [1.82, 2.24) is 4.90 Å². The Labute approximate surface area is 144 Å². The Morgan fingerprint density at radius 3 is 2.04 bits per heavy atom. The van der Waals surface area contributed by atoms with E-state index in [1.54, 1.807) is 33.5 Å². The first-order valence-electron chi connectivity index (χ1n) is 8.75. The van der Waals surface area contributed by atoms with E-state index in [1.807, 2.05) is 0 Å². The van der Waals surface area contributed by atoms with E-state index in [2.05, 4.69) is 4.90 Å². The van der Waals surface area contributed by atoms with E-state index in [0.717, 1.165) is 26.1 Å². The number of benzene rings is 1. The van der Waals surface area contributed by atoms with Gasteiger partial charge < -0.3 is 19.1 Å². The number of methoxy groups -OCH3 is 3. The number of likely N-dealkylation sites (tertiary alicyclic amines) is 1. The fraction of sp³-hybridized carbons (Fsp3) is 0.632. The number of hydrogen-bond donors (Lipinski definition) is 0. The number of carbonyl (C=O) groups is 1. The summed E-state index contributed by atoms with van der Waals surface area (Å²) in [4.78, 5) is 15.2. The highest BCUT2D eigenvalue weighted by Crippen LogP contribution is 2.35. The summed E-state index contributed by atoms with van der Waals surface area (Å²) in [5, 5.41) is 0. The van der Waals surface area contributed by atoms with Crippen molar-refractivity contribution in [3.05, 3.63) is 17.7 Å². The summed E-state index contributed by atoms with van der Waals surface area (Å²) in [6, 6.07) is 3.45. The Kier molecular flexibility index (Phi) is 7.37. The highest BCUT2D eigenvalue weighted by atomic mass is 16.5. The van der Waals surface area contributed by atoms with E-state index in [0.29, 0.717) is 29.2 Å². The van der Waals surface area contributed by atoms with Crippen molar-refractivity contribution < 1.29 is 19.0 Å². The van der Waals surface area contributed by atoms with E-state index in [-0.39, 0.29) is 5.78 Å². The smallest absolute Gasteiger partial charge is 0.170 e. The lowest BCUT2D eigenvalue weighted by Gasteiger charge is -2.19. The van der Waals surface area contributed by atoms with Gasteiger partial charge in [0.15, 0.2) is 5.78 Å². The molecule has 1 aliphatic rings. The second-order valence-corrected chi connectivity index (χ2v) is 6.19. The molecule has 2 rings (SSSR count). The van der Waals surface area contributed by atoms with Gasteiger partial charge in [0, 0.05) is 18.6 Å². The summed E-state index contributed by atoms with van der Waals surface area (Å²) in [6.07, 6.45) is 6.56. The van der Waals surface area contributed by atoms with Crippen molar-refractivity contribution in [2.24, 2.45) is 0 Å². The van der Waals surface area contributed by atoms with Crippen LogP contribution in [0, 0.1) is 0 Å². The van der Waals surface area contributed by atoms with Gasteiger partial charge in [-0.15, -0.1) is 0 Å². The van der Waals surface area contributed by atoms with E-state index in [4.69, 9.17) is 14.2 Å². The van der Waals surface area contributed by atoms with E-state index in [1.165, 1.54) is 25.7 Å². The molecule has 1 saturated heterocycles. The van der Waals surface area contributed by atoms with Gasteiger partial charge in [-0.1, -0.05) is 12.8 Å². The third kappa shape index (κ3) is 4.87. The molecule has 24 heavy (non-hydrogen) atoms. The lowest BCUT2D eigenvalue weighted by molar-refractivity contribution is 0.0968. The van der Waals surface area contributed by atoms with Crippen LogP contribution in [0.1, 0.15) is 48.9 Å². The minimum atomic E-state index is 0.0566. The summed E-state index contributed by atoms with van der Waals surface area (Å²) in [5.41, 5.74) is 0.511. The standard InChI is InChI=1S/C19H29NO4/c1-22-15-13-17(23-2)19(18(14-15)24-3)16(21)9-8-12-20-10-6-4-5-7-11-20/h13-14H,4-12H2,1-3H3. The summed E-state index contributed by atoms with van der Waals surface area (Å²) in [5.74, 6) is 1.68. The first-order chi connectivity index (χ1) is 11.7. The number of Topliss-reactive ketones (excluding diaryl/α,β-unsaturated/α-hetero) is 1. The summed E-state index contributed by atoms with van der Waals surface area (Å²) in [7, 11) is 4.70. The fourth-order valence-corrected chi connectivity index (χ4v) is 3.23. The van der Waals surface area contributed by atoms with Gasteiger partial charge >= 0.3 is 0 Å². The Morgan fingerprint density at radius 2 is 1.54 bits per heavy atom. The molecule has 1 heterocycles. The topological polar surface area (TPSA) is 48.0 Å². The SMILES string of the molecule is COc1cc(OC)c(C(=O)CCCN2CCCCCC2)c(OC)c1. The van der Waals surface area contributed by atoms with Gasteiger partial charge in [0.2, 0.25) is 0 Å². The molecule has 1 aromatic rings. The predicted molar refractivity (Wildman–Crippen MR) is 94.6 cm³/mol. The Hall–Kier alpha value is -1.75. The van der Waals surface area contributed by atoms with Crippen molar-refractivity contribution in [1.29, 1.82) is 0 Å². The second kappa shape index (κ2) is 9.52. The molecule has 1 aliphatic heterocycles. The van der Waals surface area contributed by atoms with Gasteiger partial charge in [0.1, 0.15) is 22.8 Å². The van der Waals surface area contributed by atoms with E-state index < -0.39 is 0 Å². The number of rotatable bonds is 8. The molecular weight excluding hydrogens is 306 g/mol. The number of carbonyl (C=O) groups excluding carboxylic acids is 1. The zero-order valence-electron chi connectivity index (χ0n) is 15.1. The minimum absolute atomic E-state index is 0.0566. The van der Waals surface area contributed by atoms with Crippen molar-refractivity contribution in [3.8, 4) is 17.2 Å². The Bertz CT molecular complexity index is 511. The van der Waals surface area contributed by atoms with Crippen molar-refractivity contribution >= 4 is 5.78 Å². The summed E-state index contributed by atoms with van der Waals surface area (Å²) >= 11 is 0. The number of hydrogen-bond acceptors (Lipinski definition) is 5. The summed E-state index contributed by atoms with van der Waals surface area (Å²) in [6.45, 7) is 3.29. The largest absolute Gasteiger partial charge is 0.496 e. The minimum Gasteiger partial charge on any atom is -0.496 e. The zero-order chi connectivity index (χ0) is 17.4. The van der Waals surface area contributed by atoms with E-state index >= 15 is 0 Å². The maximum atomic E-state index is 12.7. The van der Waals surface area contributed by atoms with Crippen LogP contribution in [0.2, 0.25) is 0 Å². The lowest BCUT2D eigenvalue weighted by atomic mass is 10.0. The molecule has 1 fully saturated rings. The molecule has 0 bridgehead atoms. The molecular formula is C19H29NO4. The van der Waals surface area contributed by atoms with Gasteiger partial charge in [0.25, 0.3) is 0 Å². The van der Waals surface area contributed by atoms with Crippen LogP contribution in [-0.2, 0) is 0 Å². The summed E-state index contributed by atoms with van der Waals surface area (Å²) < 4.78 is 16.0. The van der Waals surface area contributed by atoms with Crippen LogP contribution in [-0.4, -0.2) is 51.6 Å². The van der Waals surface area contributed by atoms with Crippen molar-refractivity contribution in [3.63, 3.8) is 0 Å². The zero-order valence-corrected chi connectivity index (χ0v) is 15.1. The molecule has 0 aromatic heterocycles. The van der Waals surface area contributed by atoms with Gasteiger partial charge in [-0.25, -0.2) is 0 Å². The average molecular weight is 335 g/mol. The molecule has 0 amide bonds. The van der Waals surface area contributed by atoms with Crippen LogP contribution < -0.4 is 14.2 Å². The first kappa shape index (κ1) is 18.6. The molecule has 0 spiro atoms. The first-order valence-corrected chi connectivity index (χ1v) is 8.75. The van der Waals surface area contributed by atoms with Crippen LogP contribution in [0.15, 0.2) is 12.1 Å². The van der Waals surface area contributed by atoms with Gasteiger partial charge in [-0.05, 0) is 38.9 Å². The maximum absolute atomic E-state index is 12.7. The third-order valence-electron chi connectivity index (χ3n) is 4.57. The number of ketones is 1. The predicted octanol–water partition coefficient (Wildman–Crippen LogP) is 3.55. The number of ether oxygens (including phenoxy) is 3. The maximum Gasteiger partial charge on any atom is 0.170 e. The highest BCUT2D eigenvalue weighted by molar-refractivity contribution is 6.01. The van der Waals surface area contributed by atoms with Gasteiger partial charge in [-0.3, -0.25) is 4.79 Å². The second-order valence-electron chi connectivity index (χ2n) is 6.19. The van der Waals surface area contributed by atoms with Crippen LogP contribution in [0.4, 0.5) is 0 Å². The quantitative estimate of drug-likeness (QED) is 0.680. The molecule has 1 aromatic carbocycles. The molecule has 0 unspecified atom stereocenters. The molecule has 0 aliphatic carbocycles. The highest BCUT2D eigenvalue weighted by Gasteiger charge is 2.20. The Morgan fingerprint density at radius 1 is 0.958 bits per heavy atom. The van der Waals surface area contributed by atoms with Crippen LogP contribution >= 0.6 is 0 Å². The fourth-order valence-electron chi connectivity index (χ4n) is 3.23. The average Bonchev–Trinajstić information content (AvgIpc) is 2.89. The molecule has 134 valence electrons. The monoisotopic (exact) mass is 335 g/mol. The van der Waals surface area contributed by atoms with Crippen LogP contribution in [0.3, 0.4) is 0 Å². The Balaban J connectivity index is 2.00. The van der Waals surface area contributed by atoms with Gasteiger partial charge in [-0.2, -0.15) is 0 Å². The molecule has 5 nitrogen and oxygen atoms in total. The van der Waals surface area contributed by atoms with Crippen molar-refractivity contribution in [2.45, 2.75) is 38.5 Å². The van der Waals surface area contributed by atoms with Crippen LogP contribution in [0.25, 0.3) is 0 Å². The molecule has 5 heteroatoms. The normalized spacial score (nSPS) is 15.6. The third-order valence-corrected chi connectivity index (χ3v) is 4.57. The van der Waals surface area contributed by atoms with Gasteiger partial charge in [0.05, 0.1) is 21.3 Å². The molecule has 0 atom stereocenters. The van der Waals surface area contributed by atoms with E-state index in [9.17, 15) is 4.79 Å². The number of nitrogens with zero attached hydrogens (tertiary/aromatic N) is 1. The molecule has 0 N–H and O–H groups in total. The van der Waals surface area contributed by atoms with Crippen LogP contribution in [0.5, 0.6) is 17.2 Å². The molecule has 0 saturated carbocycles. The van der Waals surface area contributed by atoms with Crippen molar-refractivity contribution in [2.75, 3.05) is 41.0 Å². The molecule has 0 radical (unpaired) electrons.